The predicted molar refractivity (Wildman–Crippen MR) is 61.0 cm³/mol. The van der Waals surface area contributed by atoms with Gasteiger partial charge in [0.05, 0.1) is 0 Å². The van der Waals surface area contributed by atoms with Crippen molar-refractivity contribution in [2.75, 3.05) is 0 Å². The molecule has 1 fully saturated rings. The zero-order valence-electron chi connectivity index (χ0n) is 8.78. The maximum Gasteiger partial charge on any atom is -0.0250 e. The van der Waals surface area contributed by atoms with E-state index in [0.29, 0.717) is 0 Å². The number of benzene rings is 1. The van der Waals surface area contributed by atoms with Crippen molar-refractivity contribution in [3.8, 4) is 0 Å². The standard InChI is InChI=1S/C14H19/c1-2-5-9-13(8-4-1)12-14-10-6-3-7-11-14/h1,3,6-7,10-11,13H,2,4-5,8-9,12H2. The molecular weight excluding hydrogens is 168 g/mol. The van der Waals surface area contributed by atoms with Crippen molar-refractivity contribution in [2.24, 2.45) is 5.92 Å². The summed E-state index contributed by atoms with van der Waals surface area (Å²) in [5.74, 6) is 0.927. The molecule has 0 spiro atoms. The van der Waals surface area contributed by atoms with Gasteiger partial charge in [-0.05, 0) is 37.2 Å². The van der Waals surface area contributed by atoms with Crippen molar-refractivity contribution in [3.63, 3.8) is 0 Å². The van der Waals surface area contributed by atoms with Crippen molar-refractivity contribution in [3.05, 3.63) is 42.3 Å². The molecule has 0 bridgehead atoms. The second-order valence-electron chi connectivity index (χ2n) is 4.35. The van der Waals surface area contributed by atoms with Gasteiger partial charge in [-0.2, -0.15) is 0 Å². The fourth-order valence-corrected chi connectivity index (χ4v) is 2.34. The topological polar surface area (TPSA) is 0 Å². The summed E-state index contributed by atoms with van der Waals surface area (Å²) < 4.78 is 0. The van der Waals surface area contributed by atoms with Crippen LogP contribution < -0.4 is 0 Å². The lowest BCUT2D eigenvalue weighted by atomic mass is 9.93. The third-order valence-electron chi connectivity index (χ3n) is 3.17. The molecular formula is C14H19. The highest BCUT2D eigenvalue weighted by atomic mass is 14.2. The van der Waals surface area contributed by atoms with Gasteiger partial charge in [0.15, 0.2) is 0 Å². The van der Waals surface area contributed by atoms with Crippen LogP contribution in [0.5, 0.6) is 0 Å². The molecule has 14 heavy (non-hydrogen) atoms. The molecule has 1 aromatic rings. The zero-order valence-corrected chi connectivity index (χ0v) is 8.78. The number of rotatable bonds is 2. The van der Waals surface area contributed by atoms with Crippen LogP contribution in [0.25, 0.3) is 0 Å². The summed E-state index contributed by atoms with van der Waals surface area (Å²) in [5, 5.41) is 0. The third-order valence-corrected chi connectivity index (χ3v) is 3.17. The molecule has 0 heteroatoms. The summed E-state index contributed by atoms with van der Waals surface area (Å²) in [6.45, 7) is 0. The van der Waals surface area contributed by atoms with Crippen LogP contribution in [0.2, 0.25) is 0 Å². The molecule has 1 radical (unpaired) electrons. The van der Waals surface area contributed by atoms with Gasteiger partial charge in [0.25, 0.3) is 0 Å². The predicted octanol–water partition coefficient (Wildman–Crippen LogP) is 4.01. The van der Waals surface area contributed by atoms with Crippen LogP contribution in [0, 0.1) is 12.3 Å². The average molecular weight is 187 g/mol. The quantitative estimate of drug-likeness (QED) is 0.614. The Balaban J connectivity index is 1.90. The SMILES string of the molecule is [CH]1CCCC(Cc2ccccc2)CC1. The van der Waals surface area contributed by atoms with Crippen LogP contribution >= 0.6 is 0 Å². The molecule has 75 valence electrons. The maximum absolute atomic E-state index is 2.46. The minimum atomic E-state index is 0.927. The molecule has 0 N–H and O–H groups in total. The summed E-state index contributed by atoms with van der Waals surface area (Å²) in [6, 6.07) is 10.9. The van der Waals surface area contributed by atoms with Gasteiger partial charge in [0.1, 0.15) is 0 Å². The Hall–Kier alpha value is -0.780. The molecule has 2 rings (SSSR count). The summed E-state index contributed by atoms with van der Waals surface area (Å²) in [4.78, 5) is 0. The van der Waals surface area contributed by atoms with Crippen LogP contribution in [0.1, 0.15) is 37.7 Å². The average Bonchev–Trinajstić information content (AvgIpc) is 2.48. The van der Waals surface area contributed by atoms with E-state index in [0.717, 1.165) is 5.92 Å². The number of hydrogen-bond donors (Lipinski definition) is 0. The molecule has 1 aliphatic carbocycles. The van der Waals surface area contributed by atoms with Gasteiger partial charge in [0, 0.05) is 0 Å². The van der Waals surface area contributed by atoms with Gasteiger partial charge >= 0.3 is 0 Å². The zero-order chi connectivity index (χ0) is 9.64. The molecule has 0 heterocycles. The Kier molecular flexibility index (Phi) is 3.62. The van der Waals surface area contributed by atoms with Crippen LogP contribution in [-0.4, -0.2) is 0 Å². The van der Waals surface area contributed by atoms with Crippen LogP contribution in [0.15, 0.2) is 30.3 Å². The van der Waals surface area contributed by atoms with Crippen molar-refractivity contribution in [1.29, 1.82) is 0 Å². The van der Waals surface area contributed by atoms with E-state index in [4.69, 9.17) is 0 Å². The summed E-state index contributed by atoms with van der Waals surface area (Å²) >= 11 is 0. The highest BCUT2D eigenvalue weighted by Crippen LogP contribution is 2.25. The van der Waals surface area contributed by atoms with Gasteiger partial charge in [-0.25, -0.2) is 0 Å². The Morgan fingerprint density at radius 1 is 1.00 bits per heavy atom. The lowest BCUT2D eigenvalue weighted by Gasteiger charge is -2.13. The van der Waals surface area contributed by atoms with E-state index in [9.17, 15) is 0 Å². The van der Waals surface area contributed by atoms with E-state index >= 15 is 0 Å². The van der Waals surface area contributed by atoms with E-state index in [1.165, 1.54) is 44.1 Å². The first-order valence-electron chi connectivity index (χ1n) is 5.81. The molecule has 1 saturated carbocycles. The van der Waals surface area contributed by atoms with E-state index in [-0.39, 0.29) is 0 Å². The fourth-order valence-electron chi connectivity index (χ4n) is 2.34. The Morgan fingerprint density at radius 2 is 1.86 bits per heavy atom. The van der Waals surface area contributed by atoms with E-state index in [1.54, 1.807) is 0 Å². The molecule has 0 saturated heterocycles. The highest BCUT2D eigenvalue weighted by Gasteiger charge is 2.12. The fraction of sp³-hybridized carbons (Fsp3) is 0.500. The second kappa shape index (κ2) is 5.19. The normalized spacial score (nSPS) is 19.1. The van der Waals surface area contributed by atoms with Crippen molar-refractivity contribution in [2.45, 2.75) is 38.5 Å². The van der Waals surface area contributed by atoms with E-state index < -0.39 is 0 Å². The first-order valence-corrected chi connectivity index (χ1v) is 5.81. The second-order valence-corrected chi connectivity index (χ2v) is 4.35. The third kappa shape index (κ3) is 2.87. The Labute approximate surface area is 87.3 Å². The summed E-state index contributed by atoms with van der Waals surface area (Å²) in [5.41, 5.74) is 1.51. The van der Waals surface area contributed by atoms with Crippen LogP contribution in [0.3, 0.4) is 0 Å². The first kappa shape index (κ1) is 9.76. The number of hydrogen-bond acceptors (Lipinski definition) is 0. The Morgan fingerprint density at radius 3 is 2.71 bits per heavy atom. The first-order chi connectivity index (χ1) is 6.95. The maximum atomic E-state index is 2.46. The van der Waals surface area contributed by atoms with Crippen molar-refractivity contribution in [1.82, 2.24) is 0 Å². The van der Waals surface area contributed by atoms with Crippen LogP contribution in [-0.2, 0) is 6.42 Å². The molecule has 1 atom stereocenters. The van der Waals surface area contributed by atoms with Crippen LogP contribution in [0.4, 0.5) is 0 Å². The Bertz CT molecular complexity index is 242. The summed E-state index contributed by atoms with van der Waals surface area (Å²) in [7, 11) is 0. The molecule has 0 aliphatic heterocycles. The van der Waals surface area contributed by atoms with Gasteiger partial charge < -0.3 is 0 Å². The monoisotopic (exact) mass is 187 g/mol. The lowest BCUT2D eigenvalue weighted by Crippen LogP contribution is -2.02. The smallest absolute Gasteiger partial charge is 0.0250 e. The lowest BCUT2D eigenvalue weighted by molar-refractivity contribution is 0.460. The summed E-state index contributed by atoms with van der Waals surface area (Å²) in [6.07, 6.45) is 10.6. The minimum absolute atomic E-state index is 0.927. The molecule has 1 aliphatic rings. The van der Waals surface area contributed by atoms with Crippen molar-refractivity contribution >= 4 is 0 Å². The largest absolute Gasteiger partial charge is 0.0622 e. The molecule has 0 aromatic heterocycles. The minimum Gasteiger partial charge on any atom is -0.0622 e. The van der Waals surface area contributed by atoms with Gasteiger partial charge in [-0.3, -0.25) is 0 Å². The highest BCUT2D eigenvalue weighted by molar-refractivity contribution is 5.15. The molecule has 1 aromatic carbocycles. The van der Waals surface area contributed by atoms with Gasteiger partial charge in [-0.15, -0.1) is 0 Å². The molecule has 0 nitrogen and oxygen atoms in total. The van der Waals surface area contributed by atoms with Crippen molar-refractivity contribution < 1.29 is 0 Å². The molecule has 0 amide bonds. The van der Waals surface area contributed by atoms with Gasteiger partial charge in [-0.1, -0.05) is 49.6 Å². The molecule has 1 unspecified atom stereocenters. The van der Waals surface area contributed by atoms with E-state index in [2.05, 4.69) is 36.8 Å². The van der Waals surface area contributed by atoms with Gasteiger partial charge in [0.2, 0.25) is 0 Å². The van der Waals surface area contributed by atoms with E-state index in [1.807, 2.05) is 0 Å².